The molecule has 0 unspecified atom stereocenters. The van der Waals surface area contributed by atoms with E-state index >= 15 is 0 Å². The first-order valence-electron chi connectivity index (χ1n) is 6.50. The van der Waals surface area contributed by atoms with Gasteiger partial charge in [-0.2, -0.15) is 5.26 Å². The molecule has 0 bridgehead atoms. The second kappa shape index (κ2) is 6.02. The van der Waals surface area contributed by atoms with Gasteiger partial charge in [-0.25, -0.2) is 4.79 Å². The van der Waals surface area contributed by atoms with Crippen LogP contribution in [0.2, 0.25) is 0 Å². The summed E-state index contributed by atoms with van der Waals surface area (Å²) in [6.45, 7) is 5.58. The molecule has 0 spiro atoms. The molecule has 21 heavy (non-hydrogen) atoms. The molecule has 1 aliphatic heterocycles. The Kier molecular flexibility index (Phi) is 4.34. The quantitative estimate of drug-likeness (QED) is 0.868. The molecule has 1 aliphatic rings. The van der Waals surface area contributed by atoms with Gasteiger partial charge in [0.1, 0.15) is 17.4 Å². The third-order valence-electron chi connectivity index (χ3n) is 3.26. The van der Waals surface area contributed by atoms with E-state index in [4.69, 9.17) is 15.2 Å². The van der Waals surface area contributed by atoms with Crippen molar-refractivity contribution in [3.63, 3.8) is 0 Å². The highest BCUT2D eigenvalue weighted by molar-refractivity contribution is 7.10. The zero-order valence-electron chi connectivity index (χ0n) is 12.1. The Morgan fingerprint density at radius 2 is 2.29 bits per heavy atom. The molecule has 1 aromatic rings. The molecule has 0 aromatic carbocycles. The van der Waals surface area contributed by atoms with Crippen molar-refractivity contribution in [3.05, 3.63) is 44.7 Å². The minimum atomic E-state index is -0.525. The third-order valence-corrected chi connectivity index (χ3v) is 4.35. The van der Waals surface area contributed by atoms with Crippen LogP contribution in [0.15, 0.2) is 34.2 Å². The van der Waals surface area contributed by atoms with Gasteiger partial charge in [0.15, 0.2) is 0 Å². The molecule has 6 heteroatoms. The molecule has 0 radical (unpaired) electrons. The minimum absolute atomic E-state index is 0.0425. The molecule has 2 N–H and O–H groups in total. The van der Waals surface area contributed by atoms with Crippen molar-refractivity contribution in [1.82, 2.24) is 0 Å². The van der Waals surface area contributed by atoms with Crippen LogP contribution in [0.4, 0.5) is 0 Å². The number of esters is 1. The Bertz CT molecular complexity index is 679. The summed E-state index contributed by atoms with van der Waals surface area (Å²) in [5, 5.41) is 11.3. The fraction of sp³-hybridized carbons (Fsp3) is 0.333. The standard InChI is InChI=1S/C15H16N2O3S/c1-4-19-15(18)11-9(3)20-14(17)10(7-16)12(11)13-8(2)5-6-21-13/h5-6,12H,4,17H2,1-3H3/t12-/m1/s1. The highest BCUT2D eigenvalue weighted by Crippen LogP contribution is 2.42. The zero-order chi connectivity index (χ0) is 15.6. The van der Waals surface area contributed by atoms with Crippen molar-refractivity contribution < 1.29 is 14.3 Å². The Morgan fingerprint density at radius 1 is 1.57 bits per heavy atom. The summed E-state index contributed by atoms with van der Waals surface area (Å²) in [6.07, 6.45) is 0. The van der Waals surface area contributed by atoms with Gasteiger partial charge in [-0.3, -0.25) is 0 Å². The summed E-state index contributed by atoms with van der Waals surface area (Å²) in [7, 11) is 0. The van der Waals surface area contributed by atoms with Crippen molar-refractivity contribution in [1.29, 1.82) is 5.26 Å². The normalized spacial score (nSPS) is 18.3. The summed E-state index contributed by atoms with van der Waals surface area (Å²) in [5.74, 6) is -0.584. The molecule has 110 valence electrons. The first-order valence-corrected chi connectivity index (χ1v) is 7.38. The Morgan fingerprint density at radius 3 is 2.81 bits per heavy atom. The van der Waals surface area contributed by atoms with E-state index in [9.17, 15) is 10.1 Å². The van der Waals surface area contributed by atoms with Crippen LogP contribution < -0.4 is 5.73 Å². The summed E-state index contributed by atoms with van der Waals surface area (Å²) in [6, 6.07) is 4.00. The van der Waals surface area contributed by atoms with Gasteiger partial charge in [0.25, 0.3) is 0 Å². The predicted molar refractivity (Wildman–Crippen MR) is 79.0 cm³/mol. The SMILES string of the molecule is CCOC(=O)C1=C(C)OC(N)=C(C#N)[C@H]1c1sccc1C. The van der Waals surface area contributed by atoms with E-state index in [0.717, 1.165) is 10.4 Å². The van der Waals surface area contributed by atoms with Crippen LogP contribution in [0.5, 0.6) is 0 Å². The topological polar surface area (TPSA) is 85.3 Å². The number of carbonyl (C=O) groups is 1. The number of carbonyl (C=O) groups excluding carboxylic acids is 1. The van der Waals surface area contributed by atoms with Crippen molar-refractivity contribution in [3.8, 4) is 6.07 Å². The zero-order valence-corrected chi connectivity index (χ0v) is 12.9. The van der Waals surface area contributed by atoms with Crippen LogP contribution in [0, 0.1) is 18.3 Å². The first kappa shape index (κ1) is 15.1. The lowest BCUT2D eigenvalue weighted by Gasteiger charge is -2.26. The van der Waals surface area contributed by atoms with Gasteiger partial charge in [0.2, 0.25) is 5.88 Å². The molecule has 0 amide bonds. The summed E-state index contributed by atoms with van der Waals surface area (Å²) in [4.78, 5) is 13.2. The minimum Gasteiger partial charge on any atom is -0.463 e. The van der Waals surface area contributed by atoms with E-state index in [1.165, 1.54) is 11.3 Å². The van der Waals surface area contributed by atoms with E-state index in [1.807, 2.05) is 18.4 Å². The highest BCUT2D eigenvalue weighted by Gasteiger charge is 2.37. The maximum Gasteiger partial charge on any atom is 0.338 e. The molecule has 0 saturated heterocycles. The van der Waals surface area contributed by atoms with Crippen molar-refractivity contribution in [2.75, 3.05) is 6.61 Å². The molecule has 2 rings (SSSR count). The fourth-order valence-corrected chi connectivity index (χ4v) is 3.34. The Hall–Kier alpha value is -2.26. The van der Waals surface area contributed by atoms with Crippen LogP contribution in [-0.4, -0.2) is 12.6 Å². The lowest BCUT2D eigenvalue weighted by Crippen LogP contribution is -2.25. The van der Waals surface area contributed by atoms with E-state index in [0.29, 0.717) is 11.3 Å². The smallest absolute Gasteiger partial charge is 0.338 e. The second-order valence-corrected chi connectivity index (χ2v) is 5.53. The van der Waals surface area contributed by atoms with Crippen LogP contribution in [0.3, 0.4) is 0 Å². The summed E-state index contributed by atoms with van der Waals surface area (Å²) in [5.41, 5.74) is 7.40. The number of thiophene rings is 1. The van der Waals surface area contributed by atoms with Gasteiger partial charge < -0.3 is 15.2 Å². The van der Waals surface area contributed by atoms with Gasteiger partial charge in [-0.1, -0.05) is 0 Å². The number of nitrogens with two attached hydrogens (primary N) is 1. The monoisotopic (exact) mass is 304 g/mol. The predicted octanol–water partition coefficient (Wildman–Crippen LogP) is 2.70. The van der Waals surface area contributed by atoms with E-state index in [2.05, 4.69) is 6.07 Å². The van der Waals surface area contributed by atoms with Crippen molar-refractivity contribution in [2.24, 2.45) is 5.73 Å². The molecule has 0 saturated carbocycles. The molecular formula is C15H16N2O3S. The molecule has 1 aromatic heterocycles. The lowest BCUT2D eigenvalue weighted by molar-refractivity contribution is -0.139. The summed E-state index contributed by atoms with van der Waals surface area (Å²) < 4.78 is 10.5. The van der Waals surface area contributed by atoms with Crippen LogP contribution in [0.1, 0.15) is 30.2 Å². The van der Waals surface area contributed by atoms with Crippen molar-refractivity contribution >= 4 is 17.3 Å². The average molecular weight is 304 g/mol. The lowest BCUT2D eigenvalue weighted by atomic mass is 9.86. The number of nitriles is 1. The molecular weight excluding hydrogens is 288 g/mol. The number of hydrogen-bond acceptors (Lipinski definition) is 6. The maximum absolute atomic E-state index is 12.3. The van der Waals surface area contributed by atoms with Crippen LogP contribution >= 0.6 is 11.3 Å². The van der Waals surface area contributed by atoms with Crippen LogP contribution in [-0.2, 0) is 14.3 Å². The average Bonchev–Trinajstić information content (AvgIpc) is 2.84. The number of nitrogens with zero attached hydrogens (tertiary/aromatic N) is 1. The molecule has 0 fully saturated rings. The fourth-order valence-electron chi connectivity index (χ4n) is 2.30. The highest BCUT2D eigenvalue weighted by atomic mass is 32.1. The second-order valence-electron chi connectivity index (χ2n) is 4.58. The maximum atomic E-state index is 12.3. The molecule has 2 heterocycles. The number of rotatable bonds is 3. The Labute approximate surface area is 127 Å². The Balaban J connectivity index is 2.61. The van der Waals surface area contributed by atoms with E-state index in [-0.39, 0.29) is 18.1 Å². The number of allylic oxidation sites excluding steroid dienone is 2. The van der Waals surface area contributed by atoms with Gasteiger partial charge in [-0.05, 0) is 37.8 Å². The molecule has 5 nitrogen and oxygen atoms in total. The number of aryl methyl sites for hydroxylation is 1. The number of ether oxygens (including phenoxy) is 2. The van der Waals surface area contributed by atoms with Gasteiger partial charge in [0.05, 0.1) is 18.1 Å². The van der Waals surface area contributed by atoms with Crippen LogP contribution in [0.25, 0.3) is 0 Å². The van der Waals surface area contributed by atoms with Gasteiger partial charge >= 0.3 is 5.97 Å². The molecule has 1 atom stereocenters. The summed E-state index contributed by atoms with van der Waals surface area (Å²) >= 11 is 1.48. The third kappa shape index (κ3) is 2.65. The number of hydrogen-bond donors (Lipinski definition) is 1. The van der Waals surface area contributed by atoms with E-state index in [1.54, 1.807) is 13.8 Å². The van der Waals surface area contributed by atoms with Gasteiger partial charge in [0, 0.05) is 4.88 Å². The molecule has 0 aliphatic carbocycles. The largest absolute Gasteiger partial charge is 0.463 e. The first-order chi connectivity index (χ1) is 10.0. The van der Waals surface area contributed by atoms with E-state index < -0.39 is 11.9 Å². The van der Waals surface area contributed by atoms with Crippen molar-refractivity contribution in [2.45, 2.75) is 26.7 Å². The van der Waals surface area contributed by atoms with Gasteiger partial charge in [-0.15, -0.1) is 11.3 Å².